The predicted octanol–water partition coefficient (Wildman–Crippen LogP) is 2.79. The highest BCUT2D eigenvalue weighted by molar-refractivity contribution is 5.86. The Bertz CT molecular complexity index is 1050. The molecule has 3 aromatic rings. The zero-order valence-electron chi connectivity index (χ0n) is 12.3. The highest BCUT2D eigenvalue weighted by Crippen LogP contribution is 2.36. The fraction of sp³-hybridized carbons (Fsp3) is 0.0625. The Morgan fingerprint density at radius 2 is 1.75 bits per heavy atom. The molecular formula is C16H11NO7. The summed E-state index contributed by atoms with van der Waals surface area (Å²) < 4.78 is 5.52. The zero-order valence-corrected chi connectivity index (χ0v) is 12.3. The number of nitro groups is 1. The van der Waals surface area contributed by atoms with Crippen molar-refractivity contribution in [1.82, 2.24) is 0 Å². The first-order valence-corrected chi connectivity index (χ1v) is 6.76. The molecule has 0 fully saturated rings. The number of fused-ring (bicyclic) bond motifs is 1. The molecule has 1 heterocycles. The van der Waals surface area contributed by atoms with Crippen LogP contribution in [0.5, 0.6) is 17.2 Å². The number of nitrogens with zero attached hydrogens (tertiary/aromatic N) is 1. The van der Waals surface area contributed by atoms with E-state index in [1.165, 1.54) is 6.07 Å². The van der Waals surface area contributed by atoms with Gasteiger partial charge in [-0.25, -0.2) is 0 Å². The lowest BCUT2D eigenvalue weighted by atomic mass is 10.0. The fourth-order valence-corrected chi connectivity index (χ4v) is 2.48. The summed E-state index contributed by atoms with van der Waals surface area (Å²) in [6, 6.07) is 5.54. The molecule has 0 radical (unpaired) electrons. The van der Waals surface area contributed by atoms with Crippen molar-refractivity contribution in [3.05, 3.63) is 56.2 Å². The van der Waals surface area contributed by atoms with Crippen molar-refractivity contribution in [2.75, 3.05) is 0 Å². The van der Waals surface area contributed by atoms with Gasteiger partial charge in [0.2, 0.25) is 0 Å². The summed E-state index contributed by atoms with van der Waals surface area (Å²) in [5.41, 5.74) is -0.479. The minimum Gasteiger partial charge on any atom is -0.508 e. The van der Waals surface area contributed by atoms with Crippen LogP contribution in [0.4, 0.5) is 5.69 Å². The molecule has 122 valence electrons. The average molecular weight is 329 g/mol. The Morgan fingerprint density at radius 1 is 1.04 bits per heavy atom. The first kappa shape index (κ1) is 15.3. The van der Waals surface area contributed by atoms with Gasteiger partial charge in [-0.1, -0.05) is 0 Å². The van der Waals surface area contributed by atoms with Gasteiger partial charge in [0.25, 0.3) is 0 Å². The monoisotopic (exact) mass is 329 g/mol. The number of aryl methyl sites for hydroxylation is 1. The molecule has 0 aliphatic carbocycles. The van der Waals surface area contributed by atoms with Crippen LogP contribution in [0, 0.1) is 17.0 Å². The van der Waals surface area contributed by atoms with E-state index in [-0.39, 0.29) is 28.0 Å². The molecule has 0 aliphatic heterocycles. The molecule has 8 heteroatoms. The van der Waals surface area contributed by atoms with Crippen molar-refractivity contribution in [2.45, 2.75) is 6.92 Å². The van der Waals surface area contributed by atoms with E-state index in [0.29, 0.717) is 5.56 Å². The van der Waals surface area contributed by atoms with Crippen molar-refractivity contribution in [3.8, 4) is 28.6 Å². The lowest BCUT2D eigenvalue weighted by Gasteiger charge is -2.08. The van der Waals surface area contributed by atoms with Gasteiger partial charge < -0.3 is 19.7 Å². The smallest absolute Gasteiger partial charge is 0.311 e. The second-order valence-corrected chi connectivity index (χ2v) is 5.23. The average Bonchev–Trinajstić information content (AvgIpc) is 2.45. The summed E-state index contributed by atoms with van der Waals surface area (Å²) in [6.45, 7) is 1.59. The Balaban J connectivity index is 2.33. The summed E-state index contributed by atoms with van der Waals surface area (Å²) in [4.78, 5) is 22.4. The van der Waals surface area contributed by atoms with Crippen LogP contribution in [0.3, 0.4) is 0 Å². The van der Waals surface area contributed by atoms with Gasteiger partial charge in [-0.2, -0.15) is 0 Å². The van der Waals surface area contributed by atoms with Gasteiger partial charge in [0.05, 0.1) is 4.92 Å². The van der Waals surface area contributed by atoms with Gasteiger partial charge >= 0.3 is 5.69 Å². The topological polar surface area (TPSA) is 134 Å². The third-order valence-electron chi connectivity index (χ3n) is 3.58. The summed E-state index contributed by atoms with van der Waals surface area (Å²) in [6.07, 6.45) is 0. The lowest BCUT2D eigenvalue weighted by Crippen LogP contribution is -2.01. The van der Waals surface area contributed by atoms with Crippen LogP contribution in [0.15, 0.2) is 39.5 Å². The third-order valence-corrected chi connectivity index (χ3v) is 3.58. The van der Waals surface area contributed by atoms with Crippen molar-refractivity contribution >= 4 is 16.7 Å². The van der Waals surface area contributed by atoms with Crippen LogP contribution in [0.25, 0.3) is 22.3 Å². The molecule has 0 aliphatic rings. The van der Waals surface area contributed by atoms with Crippen LogP contribution in [0.2, 0.25) is 0 Å². The quantitative estimate of drug-likeness (QED) is 0.486. The highest BCUT2D eigenvalue weighted by atomic mass is 16.6. The number of phenols is 3. The number of phenolic OH excluding ortho intramolecular Hbond substituents is 3. The lowest BCUT2D eigenvalue weighted by molar-refractivity contribution is -0.385. The first-order chi connectivity index (χ1) is 11.3. The van der Waals surface area contributed by atoms with Gasteiger partial charge in [0.15, 0.2) is 11.2 Å². The summed E-state index contributed by atoms with van der Waals surface area (Å²) in [5, 5.41) is 39.8. The molecule has 0 saturated heterocycles. The number of rotatable bonds is 2. The first-order valence-electron chi connectivity index (χ1n) is 6.76. The summed E-state index contributed by atoms with van der Waals surface area (Å²) in [7, 11) is 0. The molecular weight excluding hydrogens is 318 g/mol. The van der Waals surface area contributed by atoms with Crippen LogP contribution >= 0.6 is 0 Å². The molecule has 0 unspecified atom stereocenters. The third kappa shape index (κ3) is 2.39. The maximum Gasteiger partial charge on any atom is 0.311 e. The number of aromatic hydroxyl groups is 3. The van der Waals surface area contributed by atoms with Crippen LogP contribution in [-0.2, 0) is 0 Å². The molecule has 3 N–H and O–H groups in total. The molecule has 2 aromatic carbocycles. The van der Waals surface area contributed by atoms with E-state index in [0.717, 1.165) is 24.3 Å². The Kier molecular flexibility index (Phi) is 3.37. The van der Waals surface area contributed by atoms with Gasteiger partial charge in [0.1, 0.15) is 28.2 Å². The van der Waals surface area contributed by atoms with Gasteiger partial charge in [-0.3, -0.25) is 14.9 Å². The SMILES string of the molecule is Cc1cc(O)c([N+](=O)[O-])cc1-c1cc(=O)c2c(O)cc(O)cc2o1. The highest BCUT2D eigenvalue weighted by Gasteiger charge is 2.19. The van der Waals surface area contributed by atoms with Gasteiger partial charge in [-0.05, 0) is 18.6 Å². The number of hydrogen-bond acceptors (Lipinski definition) is 7. The molecule has 0 saturated carbocycles. The molecule has 0 atom stereocenters. The summed E-state index contributed by atoms with van der Waals surface area (Å²) in [5.74, 6) is -1.22. The van der Waals surface area contributed by atoms with E-state index in [9.17, 15) is 30.2 Å². The van der Waals surface area contributed by atoms with Crippen molar-refractivity contribution in [2.24, 2.45) is 0 Å². The van der Waals surface area contributed by atoms with Gasteiger partial charge in [-0.15, -0.1) is 0 Å². The second kappa shape index (κ2) is 5.27. The Hall–Kier alpha value is -3.55. The fourth-order valence-electron chi connectivity index (χ4n) is 2.48. The van der Waals surface area contributed by atoms with E-state index in [2.05, 4.69) is 0 Å². The van der Waals surface area contributed by atoms with Crippen molar-refractivity contribution < 1.29 is 24.7 Å². The van der Waals surface area contributed by atoms with Gasteiger partial charge in [0, 0.05) is 29.8 Å². The molecule has 1 aromatic heterocycles. The molecule has 8 nitrogen and oxygen atoms in total. The minimum atomic E-state index is -0.755. The van der Waals surface area contributed by atoms with E-state index < -0.39 is 27.5 Å². The molecule has 24 heavy (non-hydrogen) atoms. The van der Waals surface area contributed by atoms with E-state index >= 15 is 0 Å². The van der Waals surface area contributed by atoms with E-state index in [4.69, 9.17) is 4.42 Å². The predicted molar refractivity (Wildman–Crippen MR) is 84.3 cm³/mol. The number of nitro benzene ring substituents is 1. The Labute approximate surface area is 134 Å². The normalized spacial score (nSPS) is 10.9. The summed E-state index contributed by atoms with van der Waals surface area (Å²) >= 11 is 0. The number of hydrogen-bond donors (Lipinski definition) is 3. The molecule has 0 bridgehead atoms. The second-order valence-electron chi connectivity index (χ2n) is 5.23. The maximum absolute atomic E-state index is 12.2. The van der Waals surface area contributed by atoms with Crippen LogP contribution in [-0.4, -0.2) is 20.2 Å². The molecule has 3 rings (SSSR count). The molecule has 0 amide bonds. The van der Waals surface area contributed by atoms with Crippen LogP contribution in [0.1, 0.15) is 5.56 Å². The van der Waals surface area contributed by atoms with Crippen molar-refractivity contribution in [1.29, 1.82) is 0 Å². The van der Waals surface area contributed by atoms with Crippen molar-refractivity contribution in [3.63, 3.8) is 0 Å². The van der Waals surface area contributed by atoms with E-state index in [1.807, 2.05) is 0 Å². The standard InChI is InChI=1S/C16H11NO7/c1-7-2-11(19)10(17(22)23)5-9(7)14-6-13(21)16-12(20)3-8(18)4-15(16)24-14/h2-6,18-20H,1H3. The largest absolute Gasteiger partial charge is 0.508 e. The maximum atomic E-state index is 12.2. The van der Waals surface area contributed by atoms with Crippen LogP contribution < -0.4 is 5.43 Å². The minimum absolute atomic E-state index is 0.0121. The molecule has 0 spiro atoms. The zero-order chi connectivity index (χ0) is 17.6. The van der Waals surface area contributed by atoms with E-state index in [1.54, 1.807) is 6.92 Å². The number of benzene rings is 2. The Morgan fingerprint density at radius 3 is 2.42 bits per heavy atom.